The van der Waals surface area contributed by atoms with Gasteiger partial charge in [0.1, 0.15) is 0 Å². The second-order valence-electron chi connectivity index (χ2n) is 4.38. The van der Waals surface area contributed by atoms with E-state index in [0.29, 0.717) is 12.5 Å². The molecule has 1 amide bonds. The number of piperidine rings is 1. The summed E-state index contributed by atoms with van der Waals surface area (Å²) in [6, 6.07) is 8.14. The Labute approximate surface area is 110 Å². The molecule has 17 heavy (non-hydrogen) atoms. The van der Waals surface area contributed by atoms with Crippen LogP contribution in [0.15, 0.2) is 28.7 Å². The second-order valence-corrected chi connectivity index (χ2v) is 5.23. The van der Waals surface area contributed by atoms with Crippen molar-refractivity contribution in [1.82, 2.24) is 10.6 Å². The molecule has 3 nitrogen and oxygen atoms in total. The van der Waals surface area contributed by atoms with E-state index in [9.17, 15) is 4.79 Å². The summed E-state index contributed by atoms with van der Waals surface area (Å²) >= 11 is 3.46. The largest absolute Gasteiger partial charge is 0.352 e. The highest BCUT2D eigenvalue weighted by molar-refractivity contribution is 9.10. The van der Waals surface area contributed by atoms with Gasteiger partial charge in [0.2, 0.25) is 5.91 Å². The Morgan fingerprint density at radius 3 is 3.00 bits per heavy atom. The predicted octanol–water partition coefficient (Wildman–Crippen LogP) is 1.86. The molecule has 0 aliphatic carbocycles. The molecule has 0 saturated carbocycles. The van der Waals surface area contributed by atoms with Crippen molar-refractivity contribution < 1.29 is 4.79 Å². The molecule has 1 aromatic carbocycles. The van der Waals surface area contributed by atoms with Gasteiger partial charge in [-0.3, -0.25) is 4.79 Å². The number of amides is 1. The number of nitrogens with one attached hydrogen (secondary N) is 2. The molecule has 1 atom stereocenters. The van der Waals surface area contributed by atoms with E-state index < -0.39 is 0 Å². The van der Waals surface area contributed by atoms with Crippen molar-refractivity contribution in [2.45, 2.75) is 25.3 Å². The van der Waals surface area contributed by atoms with E-state index in [1.165, 1.54) is 0 Å². The van der Waals surface area contributed by atoms with Gasteiger partial charge in [-0.05, 0) is 31.0 Å². The first kappa shape index (κ1) is 12.6. The highest BCUT2D eigenvalue weighted by atomic mass is 79.9. The van der Waals surface area contributed by atoms with Crippen LogP contribution in [0.3, 0.4) is 0 Å². The molecule has 2 rings (SSSR count). The summed E-state index contributed by atoms with van der Waals surface area (Å²) in [5.74, 6) is 0.102. The van der Waals surface area contributed by atoms with Gasteiger partial charge in [-0.2, -0.15) is 0 Å². The van der Waals surface area contributed by atoms with Crippen molar-refractivity contribution in [1.29, 1.82) is 0 Å². The van der Waals surface area contributed by atoms with Gasteiger partial charge in [-0.25, -0.2) is 0 Å². The van der Waals surface area contributed by atoms with E-state index in [2.05, 4.69) is 26.6 Å². The Bertz CT molecular complexity index is 389. The second kappa shape index (κ2) is 6.17. The van der Waals surface area contributed by atoms with Gasteiger partial charge >= 0.3 is 0 Å². The zero-order valence-corrected chi connectivity index (χ0v) is 11.3. The lowest BCUT2D eigenvalue weighted by molar-refractivity contribution is -0.121. The highest BCUT2D eigenvalue weighted by Gasteiger charge is 2.15. The fourth-order valence-corrected chi connectivity index (χ4v) is 2.49. The molecular formula is C13H17BrN2O. The van der Waals surface area contributed by atoms with Gasteiger partial charge in [0, 0.05) is 17.1 Å². The van der Waals surface area contributed by atoms with Crippen LogP contribution in [0.4, 0.5) is 0 Å². The molecule has 0 aromatic heterocycles. The lowest BCUT2D eigenvalue weighted by Crippen LogP contribution is -2.46. The van der Waals surface area contributed by atoms with Crippen LogP contribution < -0.4 is 10.6 Å². The molecule has 1 heterocycles. The van der Waals surface area contributed by atoms with E-state index in [0.717, 1.165) is 36.0 Å². The minimum atomic E-state index is 0.102. The van der Waals surface area contributed by atoms with Gasteiger partial charge in [-0.1, -0.05) is 34.1 Å². The maximum absolute atomic E-state index is 11.9. The lowest BCUT2D eigenvalue weighted by Gasteiger charge is -2.23. The van der Waals surface area contributed by atoms with E-state index >= 15 is 0 Å². The minimum Gasteiger partial charge on any atom is -0.352 e. The average Bonchev–Trinajstić information content (AvgIpc) is 2.33. The van der Waals surface area contributed by atoms with Crippen molar-refractivity contribution in [3.8, 4) is 0 Å². The van der Waals surface area contributed by atoms with Crippen molar-refractivity contribution in [3.63, 3.8) is 0 Å². The Morgan fingerprint density at radius 1 is 1.47 bits per heavy atom. The van der Waals surface area contributed by atoms with Crippen LogP contribution in [0, 0.1) is 0 Å². The van der Waals surface area contributed by atoms with E-state index in [1.807, 2.05) is 24.3 Å². The molecule has 2 N–H and O–H groups in total. The van der Waals surface area contributed by atoms with Crippen LogP contribution in [0.2, 0.25) is 0 Å². The minimum absolute atomic E-state index is 0.102. The van der Waals surface area contributed by atoms with Crippen molar-refractivity contribution in [3.05, 3.63) is 34.3 Å². The van der Waals surface area contributed by atoms with Gasteiger partial charge in [0.15, 0.2) is 0 Å². The number of halogens is 1. The van der Waals surface area contributed by atoms with Crippen molar-refractivity contribution in [2.75, 3.05) is 13.1 Å². The molecule has 1 fully saturated rings. The summed E-state index contributed by atoms with van der Waals surface area (Å²) in [6.07, 6.45) is 2.66. The Morgan fingerprint density at radius 2 is 2.29 bits per heavy atom. The molecule has 92 valence electrons. The summed E-state index contributed by atoms with van der Waals surface area (Å²) in [7, 11) is 0. The van der Waals surface area contributed by atoms with Crippen LogP contribution >= 0.6 is 15.9 Å². The van der Waals surface area contributed by atoms with Crippen LogP contribution in [-0.2, 0) is 11.2 Å². The SMILES string of the molecule is O=C(Cc1ccccc1Br)N[C@H]1CCCNC1. The molecule has 0 radical (unpaired) electrons. The van der Waals surface area contributed by atoms with E-state index in [4.69, 9.17) is 0 Å². The van der Waals surface area contributed by atoms with Crippen LogP contribution in [0.1, 0.15) is 18.4 Å². The Balaban J connectivity index is 1.86. The fourth-order valence-electron chi connectivity index (χ4n) is 2.07. The predicted molar refractivity (Wildman–Crippen MR) is 71.9 cm³/mol. The zero-order valence-electron chi connectivity index (χ0n) is 9.71. The Hall–Kier alpha value is -0.870. The smallest absolute Gasteiger partial charge is 0.224 e. The third-order valence-corrected chi connectivity index (χ3v) is 3.74. The summed E-state index contributed by atoms with van der Waals surface area (Å²) in [4.78, 5) is 11.9. The molecule has 4 heteroatoms. The number of carbonyl (C=O) groups is 1. The lowest BCUT2D eigenvalue weighted by atomic mass is 10.1. The standard InChI is InChI=1S/C13H17BrN2O/c14-12-6-2-1-4-10(12)8-13(17)16-11-5-3-7-15-9-11/h1-2,4,6,11,15H,3,5,7-9H2,(H,16,17)/t11-/m0/s1. The molecule has 1 aliphatic rings. The zero-order chi connectivity index (χ0) is 12.1. The molecule has 0 bridgehead atoms. The van der Waals surface area contributed by atoms with Gasteiger partial charge < -0.3 is 10.6 Å². The van der Waals surface area contributed by atoms with Crippen LogP contribution in [0.25, 0.3) is 0 Å². The number of rotatable bonds is 3. The van der Waals surface area contributed by atoms with Gasteiger partial charge in [0.05, 0.1) is 6.42 Å². The third kappa shape index (κ3) is 3.82. The van der Waals surface area contributed by atoms with Crippen molar-refractivity contribution in [2.24, 2.45) is 0 Å². The molecule has 0 spiro atoms. The summed E-state index contributed by atoms with van der Waals surface area (Å²) in [5.41, 5.74) is 1.04. The first-order valence-electron chi connectivity index (χ1n) is 5.99. The maximum Gasteiger partial charge on any atom is 0.224 e. The normalized spacial score (nSPS) is 19.9. The highest BCUT2D eigenvalue weighted by Crippen LogP contribution is 2.16. The summed E-state index contributed by atoms with van der Waals surface area (Å²) in [5, 5.41) is 6.36. The Kier molecular flexibility index (Phi) is 4.57. The topological polar surface area (TPSA) is 41.1 Å². The molecule has 0 unspecified atom stereocenters. The summed E-state index contributed by atoms with van der Waals surface area (Å²) in [6.45, 7) is 1.96. The maximum atomic E-state index is 11.9. The monoisotopic (exact) mass is 296 g/mol. The first-order valence-corrected chi connectivity index (χ1v) is 6.78. The molecule has 1 aromatic rings. The third-order valence-electron chi connectivity index (χ3n) is 2.97. The quantitative estimate of drug-likeness (QED) is 0.894. The number of hydrogen-bond acceptors (Lipinski definition) is 2. The van der Waals surface area contributed by atoms with Crippen molar-refractivity contribution >= 4 is 21.8 Å². The van der Waals surface area contributed by atoms with E-state index in [-0.39, 0.29) is 5.91 Å². The van der Waals surface area contributed by atoms with Gasteiger partial charge in [-0.15, -0.1) is 0 Å². The summed E-state index contributed by atoms with van der Waals surface area (Å²) < 4.78 is 0.997. The molecule has 1 aliphatic heterocycles. The number of carbonyl (C=O) groups excluding carboxylic acids is 1. The number of benzene rings is 1. The fraction of sp³-hybridized carbons (Fsp3) is 0.462. The molecular weight excluding hydrogens is 280 g/mol. The van der Waals surface area contributed by atoms with Crippen LogP contribution in [0.5, 0.6) is 0 Å². The van der Waals surface area contributed by atoms with E-state index in [1.54, 1.807) is 0 Å². The number of hydrogen-bond donors (Lipinski definition) is 2. The molecule has 1 saturated heterocycles. The van der Waals surface area contributed by atoms with Crippen LogP contribution in [-0.4, -0.2) is 25.0 Å². The van der Waals surface area contributed by atoms with Gasteiger partial charge in [0.25, 0.3) is 0 Å². The first-order chi connectivity index (χ1) is 8.25. The average molecular weight is 297 g/mol.